The lowest BCUT2D eigenvalue weighted by molar-refractivity contribution is 0.218. The van der Waals surface area contributed by atoms with Gasteiger partial charge in [-0.15, -0.1) is 0 Å². The molecule has 0 bridgehead atoms. The summed E-state index contributed by atoms with van der Waals surface area (Å²) in [6, 6.07) is 8.79. The minimum atomic E-state index is -0.854. The first kappa shape index (κ1) is 17.3. The molecule has 0 saturated carbocycles. The lowest BCUT2D eigenvalue weighted by atomic mass is 9.99. The van der Waals surface area contributed by atoms with E-state index in [1.807, 2.05) is 0 Å². The second kappa shape index (κ2) is 9.27. The van der Waals surface area contributed by atoms with E-state index in [1.165, 1.54) is 11.1 Å². The van der Waals surface area contributed by atoms with Gasteiger partial charge in [0.2, 0.25) is 0 Å². The van der Waals surface area contributed by atoms with Crippen molar-refractivity contribution in [1.29, 1.82) is 0 Å². The molecule has 114 valence electrons. The maximum absolute atomic E-state index is 12.0. The number of methoxy groups -OCH3 is 1. The summed E-state index contributed by atoms with van der Waals surface area (Å²) in [7, 11) is 0.789. The third-order valence-electron chi connectivity index (χ3n) is 3.32. The van der Waals surface area contributed by atoms with Crippen LogP contribution in [-0.4, -0.2) is 36.0 Å². The zero-order chi connectivity index (χ0) is 15.0. The Hall–Kier alpha value is -0.710. The highest BCUT2D eigenvalue weighted by molar-refractivity contribution is 7.85. The summed E-state index contributed by atoms with van der Waals surface area (Å²) in [6.45, 7) is 7.89. The van der Waals surface area contributed by atoms with E-state index in [0.717, 1.165) is 6.54 Å². The van der Waals surface area contributed by atoms with Gasteiger partial charge in [0.05, 0.1) is 6.61 Å². The van der Waals surface area contributed by atoms with Gasteiger partial charge in [0, 0.05) is 35.5 Å². The van der Waals surface area contributed by atoms with Crippen molar-refractivity contribution in [3.05, 3.63) is 35.4 Å². The van der Waals surface area contributed by atoms with Crippen LogP contribution in [0.4, 0.5) is 0 Å². The lowest BCUT2D eigenvalue weighted by Crippen LogP contribution is -2.27. The van der Waals surface area contributed by atoms with Crippen LogP contribution in [0.1, 0.15) is 43.9 Å². The normalized spacial score (nSPS) is 14.4. The molecule has 20 heavy (non-hydrogen) atoms. The van der Waals surface area contributed by atoms with Crippen LogP contribution in [0, 0.1) is 0 Å². The molecule has 2 atom stereocenters. The van der Waals surface area contributed by atoms with Crippen molar-refractivity contribution < 1.29 is 8.95 Å². The molecule has 1 N–H and O–H groups in total. The first-order valence-electron chi connectivity index (χ1n) is 7.25. The molecule has 0 aliphatic heterocycles. The summed E-state index contributed by atoms with van der Waals surface area (Å²) in [5.74, 6) is 1.78. The highest BCUT2D eigenvalue weighted by Gasteiger charge is 2.14. The topological polar surface area (TPSA) is 38.3 Å². The Bertz CT molecular complexity index is 403. The number of hydrogen-bond acceptors (Lipinski definition) is 3. The zero-order valence-electron chi connectivity index (χ0n) is 13.0. The standard InChI is InChI=1S/C16H27NO2S/c1-5-17-16(12-20(18)11-10-19-4)15-8-6-14(7-9-15)13(2)3/h6-9,13,16-17H,5,10-12H2,1-4H3. The monoisotopic (exact) mass is 297 g/mol. The Balaban J connectivity index is 2.71. The average Bonchev–Trinajstić information content (AvgIpc) is 2.44. The molecule has 2 unspecified atom stereocenters. The molecule has 0 aromatic heterocycles. The zero-order valence-corrected chi connectivity index (χ0v) is 13.8. The van der Waals surface area contributed by atoms with Gasteiger partial charge in [-0.05, 0) is 23.6 Å². The summed E-state index contributed by atoms with van der Waals surface area (Å²) in [6.07, 6.45) is 0. The molecule has 0 saturated heterocycles. The van der Waals surface area contributed by atoms with Gasteiger partial charge in [-0.25, -0.2) is 0 Å². The maximum Gasteiger partial charge on any atom is 0.0577 e. The fourth-order valence-electron chi connectivity index (χ4n) is 2.08. The van der Waals surface area contributed by atoms with Gasteiger partial charge in [-0.1, -0.05) is 45.0 Å². The number of rotatable bonds is 9. The fraction of sp³-hybridized carbons (Fsp3) is 0.625. The first-order valence-corrected chi connectivity index (χ1v) is 8.74. The Kier molecular flexibility index (Phi) is 8.04. The molecule has 1 rings (SSSR count). The molecule has 0 spiro atoms. The molecule has 0 radical (unpaired) electrons. The number of hydrogen-bond donors (Lipinski definition) is 1. The van der Waals surface area contributed by atoms with E-state index >= 15 is 0 Å². The minimum absolute atomic E-state index is 0.152. The Morgan fingerprint density at radius 3 is 2.30 bits per heavy atom. The second-order valence-electron chi connectivity index (χ2n) is 5.24. The first-order chi connectivity index (χ1) is 9.58. The van der Waals surface area contributed by atoms with Crippen LogP contribution in [0.25, 0.3) is 0 Å². The van der Waals surface area contributed by atoms with E-state index in [1.54, 1.807) is 7.11 Å². The van der Waals surface area contributed by atoms with E-state index < -0.39 is 10.8 Å². The largest absolute Gasteiger partial charge is 0.384 e. The van der Waals surface area contributed by atoms with Crippen molar-refractivity contribution in [1.82, 2.24) is 5.32 Å². The summed E-state index contributed by atoms with van der Waals surface area (Å²) in [5, 5.41) is 3.42. The Labute approximate surface area is 125 Å². The number of nitrogens with one attached hydrogen (secondary N) is 1. The highest BCUT2D eigenvalue weighted by Crippen LogP contribution is 2.19. The molecule has 1 aromatic carbocycles. The van der Waals surface area contributed by atoms with E-state index in [-0.39, 0.29) is 6.04 Å². The highest BCUT2D eigenvalue weighted by atomic mass is 32.2. The molecule has 3 nitrogen and oxygen atoms in total. The fourth-order valence-corrected chi connectivity index (χ4v) is 3.28. The van der Waals surface area contributed by atoms with Crippen molar-refractivity contribution in [3.8, 4) is 0 Å². The smallest absolute Gasteiger partial charge is 0.0577 e. The third-order valence-corrected chi connectivity index (χ3v) is 4.65. The van der Waals surface area contributed by atoms with E-state index in [4.69, 9.17) is 4.74 Å². The van der Waals surface area contributed by atoms with Gasteiger partial charge in [0.15, 0.2) is 0 Å². The Morgan fingerprint density at radius 2 is 1.80 bits per heavy atom. The van der Waals surface area contributed by atoms with Crippen LogP contribution in [0.2, 0.25) is 0 Å². The lowest BCUT2D eigenvalue weighted by Gasteiger charge is -2.19. The Morgan fingerprint density at radius 1 is 1.20 bits per heavy atom. The SMILES string of the molecule is CCNC(CS(=O)CCOC)c1ccc(C(C)C)cc1. The molecular weight excluding hydrogens is 270 g/mol. The van der Waals surface area contributed by atoms with Gasteiger partial charge in [0.1, 0.15) is 0 Å². The number of benzene rings is 1. The molecule has 0 amide bonds. The molecule has 0 fully saturated rings. The van der Waals surface area contributed by atoms with E-state index in [0.29, 0.717) is 24.0 Å². The van der Waals surface area contributed by atoms with Gasteiger partial charge < -0.3 is 10.1 Å². The van der Waals surface area contributed by atoms with Crippen molar-refractivity contribution in [2.24, 2.45) is 0 Å². The van der Waals surface area contributed by atoms with E-state index in [2.05, 4.69) is 50.4 Å². The molecule has 0 heterocycles. The summed E-state index contributed by atoms with van der Waals surface area (Å²) in [5.41, 5.74) is 2.55. The van der Waals surface area contributed by atoms with Crippen LogP contribution in [-0.2, 0) is 15.5 Å². The van der Waals surface area contributed by atoms with Gasteiger partial charge in [-0.3, -0.25) is 4.21 Å². The summed E-state index contributed by atoms with van der Waals surface area (Å²) in [4.78, 5) is 0. The minimum Gasteiger partial charge on any atom is -0.384 e. The van der Waals surface area contributed by atoms with Crippen LogP contribution in [0.5, 0.6) is 0 Å². The molecule has 0 aliphatic rings. The average molecular weight is 297 g/mol. The van der Waals surface area contributed by atoms with Crippen molar-refractivity contribution in [2.45, 2.75) is 32.7 Å². The van der Waals surface area contributed by atoms with Crippen molar-refractivity contribution >= 4 is 10.8 Å². The van der Waals surface area contributed by atoms with Crippen molar-refractivity contribution in [2.75, 3.05) is 31.8 Å². The van der Waals surface area contributed by atoms with Gasteiger partial charge in [-0.2, -0.15) is 0 Å². The predicted octanol–water partition coefficient (Wildman–Crippen LogP) is 2.86. The predicted molar refractivity (Wildman–Crippen MR) is 86.7 cm³/mol. The second-order valence-corrected chi connectivity index (χ2v) is 6.86. The van der Waals surface area contributed by atoms with Crippen LogP contribution < -0.4 is 5.32 Å². The van der Waals surface area contributed by atoms with Crippen LogP contribution >= 0.6 is 0 Å². The molecule has 4 heteroatoms. The number of ether oxygens (including phenoxy) is 1. The van der Waals surface area contributed by atoms with Gasteiger partial charge >= 0.3 is 0 Å². The van der Waals surface area contributed by atoms with Crippen LogP contribution in [0.15, 0.2) is 24.3 Å². The summed E-state index contributed by atoms with van der Waals surface area (Å²) >= 11 is 0. The van der Waals surface area contributed by atoms with Gasteiger partial charge in [0.25, 0.3) is 0 Å². The van der Waals surface area contributed by atoms with E-state index in [9.17, 15) is 4.21 Å². The van der Waals surface area contributed by atoms with Crippen molar-refractivity contribution in [3.63, 3.8) is 0 Å². The van der Waals surface area contributed by atoms with Crippen LogP contribution in [0.3, 0.4) is 0 Å². The molecular formula is C16H27NO2S. The summed E-state index contributed by atoms with van der Waals surface area (Å²) < 4.78 is 17.0. The quantitative estimate of drug-likeness (QED) is 0.761. The molecule has 0 aliphatic carbocycles. The molecule has 1 aromatic rings. The maximum atomic E-state index is 12.0. The third kappa shape index (κ3) is 5.73.